The molecule has 0 spiro atoms. The van der Waals surface area contributed by atoms with E-state index in [1.807, 2.05) is 0 Å². The predicted molar refractivity (Wildman–Crippen MR) is 100 cm³/mol. The number of anilines is 1. The van der Waals surface area contributed by atoms with Crippen LogP contribution in [-0.4, -0.2) is 34.9 Å². The standard InChI is InChI=1S/C15H14Cl3NO6S/c1-23-7-4-10(24-2)15(11(5-7)25-3)26(21,22)19-9-6-8(16)14(20)13(18)12(9)17/h4-6,19-20H,1-3H3. The average Bonchev–Trinajstić information content (AvgIpc) is 2.62. The van der Waals surface area contributed by atoms with Gasteiger partial charge in [0.15, 0.2) is 10.6 Å². The number of ether oxygens (including phenoxy) is 3. The van der Waals surface area contributed by atoms with E-state index >= 15 is 0 Å². The molecule has 0 saturated carbocycles. The van der Waals surface area contributed by atoms with E-state index in [1.165, 1.54) is 33.5 Å². The number of phenols is 1. The van der Waals surface area contributed by atoms with Crippen LogP contribution >= 0.6 is 34.8 Å². The van der Waals surface area contributed by atoms with E-state index in [4.69, 9.17) is 49.0 Å². The summed E-state index contributed by atoms with van der Waals surface area (Å²) in [6.45, 7) is 0. The first-order valence-electron chi connectivity index (χ1n) is 6.85. The molecule has 0 aliphatic rings. The fourth-order valence-electron chi connectivity index (χ4n) is 2.09. The summed E-state index contributed by atoms with van der Waals surface area (Å²) < 4.78 is 43.4. The summed E-state index contributed by atoms with van der Waals surface area (Å²) in [5, 5.41) is 8.99. The third-order valence-corrected chi connectivity index (χ3v) is 5.89. The van der Waals surface area contributed by atoms with Gasteiger partial charge in [-0.15, -0.1) is 0 Å². The van der Waals surface area contributed by atoms with Crippen LogP contribution in [0.5, 0.6) is 23.0 Å². The van der Waals surface area contributed by atoms with Crippen molar-refractivity contribution in [2.75, 3.05) is 26.1 Å². The smallest absolute Gasteiger partial charge is 0.269 e. The molecule has 11 heteroatoms. The number of methoxy groups -OCH3 is 3. The van der Waals surface area contributed by atoms with Gasteiger partial charge in [0, 0.05) is 12.1 Å². The van der Waals surface area contributed by atoms with Gasteiger partial charge in [0.2, 0.25) is 0 Å². The fraction of sp³-hybridized carbons (Fsp3) is 0.200. The third-order valence-electron chi connectivity index (χ3n) is 3.32. The van der Waals surface area contributed by atoms with E-state index in [0.717, 1.165) is 6.07 Å². The number of nitrogens with one attached hydrogen (secondary N) is 1. The van der Waals surface area contributed by atoms with Gasteiger partial charge in [-0.1, -0.05) is 34.8 Å². The van der Waals surface area contributed by atoms with Crippen LogP contribution in [0.4, 0.5) is 5.69 Å². The summed E-state index contributed by atoms with van der Waals surface area (Å²) in [5.74, 6) is -0.145. The maximum Gasteiger partial charge on any atom is 0.269 e. The molecular weight excluding hydrogens is 429 g/mol. The van der Waals surface area contributed by atoms with E-state index in [-0.39, 0.29) is 37.1 Å². The van der Waals surface area contributed by atoms with Gasteiger partial charge < -0.3 is 19.3 Å². The summed E-state index contributed by atoms with van der Waals surface area (Å²) >= 11 is 17.7. The highest BCUT2D eigenvalue weighted by Crippen LogP contribution is 2.44. The van der Waals surface area contributed by atoms with Gasteiger partial charge in [-0.05, 0) is 6.07 Å². The SMILES string of the molecule is COc1cc(OC)c(S(=O)(=O)Nc2cc(Cl)c(O)c(Cl)c2Cl)c(OC)c1. The molecule has 0 radical (unpaired) electrons. The lowest BCUT2D eigenvalue weighted by Gasteiger charge is -2.17. The number of rotatable bonds is 6. The minimum atomic E-state index is -4.23. The van der Waals surface area contributed by atoms with Gasteiger partial charge in [0.05, 0.1) is 37.1 Å². The maximum atomic E-state index is 12.9. The molecule has 0 aliphatic heterocycles. The number of halogens is 3. The largest absolute Gasteiger partial charge is 0.505 e. The van der Waals surface area contributed by atoms with Crippen molar-refractivity contribution in [3.8, 4) is 23.0 Å². The van der Waals surface area contributed by atoms with Crippen molar-refractivity contribution in [3.63, 3.8) is 0 Å². The summed E-state index contributed by atoms with van der Waals surface area (Å²) in [6.07, 6.45) is 0. The van der Waals surface area contributed by atoms with Crippen molar-refractivity contribution in [3.05, 3.63) is 33.3 Å². The molecule has 0 bridgehead atoms. The number of benzene rings is 2. The van der Waals surface area contributed by atoms with Crippen LogP contribution in [0.1, 0.15) is 0 Å². The minimum Gasteiger partial charge on any atom is -0.505 e. The molecule has 2 aromatic carbocycles. The Morgan fingerprint density at radius 3 is 1.92 bits per heavy atom. The van der Waals surface area contributed by atoms with Gasteiger partial charge in [-0.25, -0.2) is 8.42 Å². The molecule has 0 atom stereocenters. The number of hydrogen-bond donors (Lipinski definition) is 2. The van der Waals surface area contributed by atoms with Crippen LogP contribution in [0.25, 0.3) is 0 Å². The molecular formula is C15H14Cl3NO6S. The first-order chi connectivity index (χ1) is 12.2. The quantitative estimate of drug-likeness (QED) is 0.515. The molecule has 0 aromatic heterocycles. The minimum absolute atomic E-state index is 0.0132. The van der Waals surface area contributed by atoms with E-state index < -0.39 is 15.8 Å². The molecule has 0 fully saturated rings. The number of aromatic hydroxyl groups is 1. The highest BCUT2D eigenvalue weighted by molar-refractivity contribution is 7.93. The van der Waals surface area contributed by atoms with Crippen LogP contribution in [0.2, 0.25) is 15.1 Å². The molecule has 0 saturated heterocycles. The molecule has 2 N–H and O–H groups in total. The topological polar surface area (TPSA) is 94.1 Å². The Hall–Kier alpha value is -1.74. The lowest BCUT2D eigenvalue weighted by molar-refractivity contribution is 0.359. The fourth-order valence-corrected chi connectivity index (χ4v) is 4.16. The van der Waals surface area contributed by atoms with Gasteiger partial charge >= 0.3 is 0 Å². The Morgan fingerprint density at radius 1 is 0.923 bits per heavy atom. The Kier molecular flexibility index (Phi) is 6.23. The number of sulfonamides is 1. The van der Waals surface area contributed by atoms with Gasteiger partial charge in [-0.3, -0.25) is 4.72 Å². The Labute approximate surface area is 165 Å². The van der Waals surface area contributed by atoms with Crippen molar-refractivity contribution < 1.29 is 27.7 Å². The van der Waals surface area contributed by atoms with Crippen LogP contribution in [0.15, 0.2) is 23.1 Å². The first-order valence-corrected chi connectivity index (χ1v) is 9.47. The van der Waals surface area contributed by atoms with Crippen LogP contribution in [-0.2, 0) is 10.0 Å². The molecule has 7 nitrogen and oxygen atoms in total. The Bertz CT molecular complexity index is 924. The summed E-state index contributed by atoms with van der Waals surface area (Å²) in [6, 6.07) is 3.90. The van der Waals surface area contributed by atoms with Crippen molar-refractivity contribution in [1.29, 1.82) is 0 Å². The molecule has 26 heavy (non-hydrogen) atoms. The molecule has 2 rings (SSSR count). The molecule has 0 aliphatic carbocycles. The van der Waals surface area contributed by atoms with Crippen molar-refractivity contribution in [1.82, 2.24) is 0 Å². The molecule has 0 amide bonds. The van der Waals surface area contributed by atoms with Crippen LogP contribution in [0, 0.1) is 0 Å². The average molecular weight is 443 g/mol. The van der Waals surface area contributed by atoms with E-state index in [2.05, 4.69) is 4.72 Å². The Balaban J connectivity index is 2.63. The second kappa shape index (κ2) is 7.87. The third kappa shape index (κ3) is 3.83. The highest BCUT2D eigenvalue weighted by Gasteiger charge is 2.28. The molecule has 0 unspecified atom stereocenters. The Morgan fingerprint density at radius 2 is 1.46 bits per heavy atom. The van der Waals surface area contributed by atoms with Crippen molar-refractivity contribution in [2.45, 2.75) is 4.90 Å². The van der Waals surface area contributed by atoms with E-state index in [1.54, 1.807) is 0 Å². The van der Waals surface area contributed by atoms with Crippen LogP contribution in [0.3, 0.4) is 0 Å². The second-order valence-electron chi connectivity index (χ2n) is 4.85. The second-order valence-corrected chi connectivity index (χ2v) is 7.63. The van der Waals surface area contributed by atoms with Gasteiger partial charge in [0.25, 0.3) is 10.0 Å². The van der Waals surface area contributed by atoms with Crippen molar-refractivity contribution in [2.24, 2.45) is 0 Å². The monoisotopic (exact) mass is 441 g/mol. The van der Waals surface area contributed by atoms with E-state index in [9.17, 15) is 13.5 Å². The van der Waals surface area contributed by atoms with Gasteiger partial charge in [-0.2, -0.15) is 0 Å². The summed E-state index contributed by atoms with van der Waals surface area (Å²) in [4.78, 5) is -0.278. The van der Waals surface area contributed by atoms with Crippen LogP contribution < -0.4 is 18.9 Å². The summed E-state index contributed by atoms with van der Waals surface area (Å²) in [5.41, 5.74) is -0.126. The van der Waals surface area contributed by atoms with Crippen molar-refractivity contribution >= 4 is 50.5 Å². The molecule has 0 heterocycles. The number of hydrogen-bond acceptors (Lipinski definition) is 6. The zero-order chi connectivity index (χ0) is 19.6. The zero-order valence-corrected chi connectivity index (χ0v) is 16.8. The number of phenolic OH excluding ortho intramolecular Hbond substituents is 1. The lowest BCUT2D eigenvalue weighted by atomic mass is 10.3. The van der Waals surface area contributed by atoms with Gasteiger partial charge in [0.1, 0.15) is 22.3 Å². The molecule has 2 aromatic rings. The highest BCUT2D eigenvalue weighted by atomic mass is 35.5. The first kappa shape index (κ1) is 20.6. The maximum absolute atomic E-state index is 12.9. The molecule has 142 valence electrons. The normalized spacial score (nSPS) is 11.2. The summed E-state index contributed by atoms with van der Waals surface area (Å²) in [7, 11) is -0.214. The lowest BCUT2D eigenvalue weighted by Crippen LogP contribution is -2.16. The predicted octanol–water partition coefficient (Wildman–Crippen LogP) is 4.18. The van der Waals surface area contributed by atoms with E-state index in [0.29, 0.717) is 5.75 Å². The zero-order valence-electron chi connectivity index (χ0n) is 13.8.